The third-order valence-electron chi connectivity index (χ3n) is 4.90. The average Bonchev–Trinajstić information content (AvgIpc) is 2.81. The van der Waals surface area contributed by atoms with Crippen molar-refractivity contribution in [1.29, 1.82) is 0 Å². The number of nitrogens with one attached hydrogen (secondary N) is 1. The second-order valence-electron chi connectivity index (χ2n) is 6.09. The number of nitrogens with zero attached hydrogens (tertiary/aromatic N) is 2. The maximum atomic E-state index is 5.30. The second kappa shape index (κ2) is 5.25. The molecule has 0 amide bonds. The lowest BCUT2D eigenvalue weighted by Gasteiger charge is -2.39. The molecule has 1 aromatic heterocycles. The Bertz CT molecular complexity index is 409. The van der Waals surface area contributed by atoms with E-state index in [1.807, 2.05) is 6.92 Å². The van der Waals surface area contributed by atoms with Gasteiger partial charge in [0.25, 0.3) is 0 Å². The summed E-state index contributed by atoms with van der Waals surface area (Å²) in [5.74, 6) is 0.991. The first-order valence-corrected chi connectivity index (χ1v) is 7.60. The zero-order chi connectivity index (χ0) is 13.4. The zero-order valence-corrected chi connectivity index (χ0v) is 12.3. The minimum atomic E-state index is 0.725. The quantitative estimate of drug-likeness (QED) is 0.905. The summed E-state index contributed by atoms with van der Waals surface area (Å²) < 4.78 is 5.30. The van der Waals surface area contributed by atoms with Crippen molar-refractivity contribution < 1.29 is 4.52 Å². The van der Waals surface area contributed by atoms with Crippen LogP contribution in [-0.4, -0.2) is 34.7 Å². The Morgan fingerprint density at radius 3 is 2.47 bits per heavy atom. The van der Waals surface area contributed by atoms with E-state index in [-0.39, 0.29) is 0 Å². The largest absolute Gasteiger partial charge is 0.361 e. The maximum absolute atomic E-state index is 5.30. The molecule has 2 saturated heterocycles. The van der Waals surface area contributed by atoms with Crippen LogP contribution in [0, 0.1) is 13.8 Å². The molecule has 1 aromatic rings. The fourth-order valence-corrected chi connectivity index (χ4v) is 3.90. The minimum absolute atomic E-state index is 0.725. The van der Waals surface area contributed by atoms with Crippen molar-refractivity contribution in [2.75, 3.05) is 6.54 Å². The molecule has 3 heterocycles. The third kappa shape index (κ3) is 2.43. The van der Waals surface area contributed by atoms with Crippen molar-refractivity contribution >= 4 is 0 Å². The van der Waals surface area contributed by atoms with Gasteiger partial charge in [0.1, 0.15) is 5.76 Å². The minimum Gasteiger partial charge on any atom is -0.361 e. The van der Waals surface area contributed by atoms with Gasteiger partial charge in [0.05, 0.1) is 5.69 Å². The summed E-state index contributed by atoms with van der Waals surface area (Å²) in [5, 5.41) is 7.71. The van der Waals surface area contributed by atoms with E-state index in [9.17, 15) is 0 Å². The zero-order valence-electron chi connectivity index (χ0n) is 12.3. The van der Waals surface area contributed by atoms with E-state index in [0.29, 0.717) is 0 Å². The predicted molar refractivity (Wildman–Crippen MR) is 75.0 cm³/mol. The normalized spacial score (nSPS) is 31.0. The fourth-order valence-electron chi connectivity index (χ4n) is 3.90. The number of rotatable bonds is 4. The number of aromatic nitrogens is 1. The summed E-state index contributed by atoms with van der Waals surface area (Å²) in [4.78, 5) is 2.69. The monoisotopic (exact) mass is 263 g/mol. The predicted octanol–water partition coefficient (Wildman–Crippen LogP) is 2.40. The Morgan fingerprint density at radius 1 is 1.26 bits per heavy atom. The fraction of sp³-hybridized carbons (Fsp3) is 0.800. The molecule has 19 heavy (non-hydrogen) atoms. The van der Waals surface area contributed by atoms with Crippen LogP contribution in [-0.2, 0) is 6.54 Å². The maximum Gasteiger partial charge on any atom is 0.138 e. The molecule has 2 aliphatic rings. The molecule has 1 N–H and O–H groups in total. The smallest absolute Gasteiger partial charge is 0.138 e. The van der Waals surface area contributed by atoms with E-state index in [1.165, 1.54) is 31.2 Å². The van der Waals surface area contributed by atoms with E-state index in [4.69, 9.17) is 4.52 Å². The van der Waals surface area contributed by atoms with Crippen molar-refractivity contribution in [3.63, 3.8) is 0 Å². The van der Waals surface area contributed by atoms with Gasteiger partial charge in [0.15, 0.2) is 0 Å². The van der Waals surface area contributed by atoms with Crippen LogP contribution in [0.2, 0.25) is 0 Å². The van der Waals surface area contributed by atoms with Crippen LogP contribution in [0.25, 0.3) is 0 Å². The van der Waals surface area contributed by atoms with Gasteiger partial charge in [-0.1, -0.05) is 12.1 Å². The van der Waals surface area contributed by atoms with Crippen LogP contribution < -0.4 is 5.32 Å². The van der Waals surface area contributed by atoms with Crippen LogP contribution in [0.5, 0.6) is 0 Å². The topological polar surface area (TPSA) is 41.3 Å². The van der Waals surface area contributed by atoms with Crippen LogP contribution in [0.1, 0.15) is 49.6 Å². The molecular weight excluding hydrogens is 238 g/mol. The van der Waals surface area contributed by atoms with Crippen LogP contribution in [0.3, 0.4) is 0 Å². The molecule has 3 rings (SSSR count). The van der Waals surface area contributed by atoms with E-state index in [0.717, 1.165) is 42.7 Å². The Labute approximate surface area is 115 Å². The van der Waals surface area contributed by atoms with Crippen molar-refractivity contribution in [3.05, 3.63) is 17.0 Å². The number of piperidine rings is 1. The first-order chi connectivity index (χ1) is 9.19. The highest BCUT2D eigenvalue weighted by molar-refractivity contribution is 5.21. The van der Waals surface area contributed by atoms with Gasteiger partial charge in [-0.25, -0.2) is 0 Å². The first kappa shape index (κ1) is 13.1. The lowest BCUT2D eigenvalue weighted by molar-refractivity contribution is 0.109. The highest BCUT2D eigenvalue weighted by Gasteiger charge is 2.40. The average molecular weight is 263 g/mol. The van der Waals surface area contributed by atoms with Gasteiger partial charge in [-0.3, -0.25) is 4.90 Å². The highest BCUT2D eigenvalue weighted by atomic mass is 16.5. The van der Waals surface area contributed by atoms with E-state index >= 15 is 0 Å². The van der Waals surface area contributed by atoms with E-state index in [1.54, 1.807) is 0 Å². The second-order valence-corrected chi connectivity index (χ2v) is 6.09. The van der Waals surface area contributed by atoms with E-state index < -0.39 is 0 Å². The summed E-state index contributed by atoms with van der Waals surface area (Å²) >= 11 is 0. The highest BCUT2D eigenvalue weighted by Crippen LogP contribution is 2.37. The van der Waals surface area contributed by atoms with Crippen LogP contribution >= 0.6 is 0 Å². The molecule has 0 saturated carbocycles. The van der Waals surface area contributed by atoms with Crippen molar-refractivity contribution in [3.8, 4) is 0 Å². The van der Waals surface area contributed by atoms with Gasteiger partial charge in [-0.15, -0.1) is 0 Å². The van der Waals surface area contributed by atoms with Crippen molar-refractivity contribution in [1.82, 2.24) is 15.4 Å². The summed E-state index contributed by atoms with van der Waals surface area (Å²) in [6.07, 6.45) is 5.31. The third-order valence-corrected chi connectivity index (χ3v) is 4.90. The molecule has 0 aromatic carbocycles. The van der Waals surface area contributed by atoms with E-state index in [2.05, 4.69) is 29.2 Å². The molecule has 2 fully saturated rings. The van der Waals surface area contributed by atoms with Gasteiger partial charge in [0, 0.05) is 30.2 Å². The van der Waals surface area contributed by atoms with Gasteiger partial charge in [0.2, 0.25) is 0 Å². The van der Waals surface area contributed by atoms with Crippen molar-refractivity contribution in [2.24, 2.45) is 0 Å². The Kier molecular flexibility index (Phi) is 3.63. The summed E-state index contributed by atoms with van der Waals surface area (Å²) in [7, 11) is 0. The molecule has 4 heteroatoms. The molecule has 2 bridgehead atoms. The lowest BCUT2D eigenvalue weighted by Crippen LogP contribution is -2.48. The van der Waals surface area contributed by atoms with Gasteiger partial charge < -0.3 is 9.84 Å². The van der Waals surface area contributed by atoms with Gasteiger partial charge in [-0.05, 0) is 46.1 Å². The Balaban J connectivity index is 1.70. The molecule has 0 radical (unpaired) electrons. The van der Waals surface area contributed by atoms with Gasteiger partial charge in [-0.2, -0.15) is 0 Å². The molecule has 0 aliphatic carbocycles. The van der Waals surface area contributed by atoms with Gasteiger partial charge >= 0.3 is 0 Å². The van der Waals surface area contributed by atoms with Crippen molar-refractivity contribution in [2.45, 2.75) is 71.1 Å². The standard InChI is InChI=1S/C15H25N3O/c1-4-16-12-7-13-5-6-14(8-12)18(13)9-15-10(2)17-19-11(15)3/h12-14,16H,4-9H2,1-3H3. The molecule has 4 nitrogen and oxygen atoms in total. The molecule has 2 aliphatic heterocycles. The summed E-state index contributed by atoms with van der Waals surface area (Å²) in [5.41, 5.74) is 2.37. The Morgan fingerprint density at radius 2 is 1.95 bits per heavy atom. The molecular formula is C15H25N3O. The first-order valence-electron chi connectivity index (χ1n) is 7.60. The van der Waals surface area contributed by atoms with Crippen LogP contribution in [0.15, 0.2) is 4.52 Å². The molecule has 106 valence electrons. The number of fused-ring (bicyclic) bond motifs is 2. The summed E-state index contributed by atoms with van der Waals surface area (Å²) in [6, 6.07) is 2.22. The molecule has 0 spiro atoms. The van der Waals surface area contributed by atoms with Crippen LogP contribution in [0.4, 0.5) is 0 Å². The Hall–Kier alpha value is -0.870. The SMILES string of the molecule is CCNC1CC2CCC(C1)N2Cc1c(C)noc1C. The number of aryl methyl sites for hydroxylation is 2. The number of hydrogen-bond acceptors (Lipinski definition) is 4. The molecule has 2 unspecified atom stereocenters. The number of hydrogen-bond donors (Lipinski definition) is 1. The summed E-state index contributed by atoms with van der Waals surface area (Å²) in [6.45, 7) is 8.41. The molecule has 2 atom stereocenters. The lowest BCUT2D eigenvalue weighted by atomic mass is 9.96.